The van der Waals surface area contributed by atoms with Crippen LogP contribution in [0.2, 0.25) is 0 Å². The normalized spacial score (nSPS) is 24.8. The molecule has 2 N–H and O–H groups in total. The molecule has 2 aliphatic heterocycles. The summed E-state index contributed by atoms with van der Waals surface area (Å²) in [6, 6.07) is 0. The number of rotatable bonds is 2. The highest BCUT2D eigenvalue weighted by Gasteiger charge is 2.39. The maximum Gasteiger partial charge on any atom is 0.306 e. The van der Waals surface area contributed by atoms with Crippen LogP contribution < -0.4 is 5.32 Å². The molecule has 2 aliphatic rings. The highest BCUT2D eigenvalue weighted by Crippen LogP contribution is 2.32. The standard InChI is InChI=1S/C13H22N2O3/c1-13(4-6-14-7-5-13)12(18)15-8-2-10(3-9-15)11(16)17/h10,14H,2-9H2,1H3,(H,16,17). The fourth-order valence-corrected chi connectivity index (χ4v) is 2.90. The number of piperidine rings is 2. The van der Waals surface area contributed by atoms with Gasteiger partial charge in [0.15, 0.2) is 0 Å². The lowest BCUT2D eigenvalue weighted by Gasteiger charge is -2.39. The van der Waals surface area contributed by atoms with Gasteiger partial charge in [-0.25, -0.2) is 0 Å². The molecule has 0 aromatic heterocycles. The topological polar surface area (TPSA) is 69.6 Å². The van der Waals surface area contributed by atoms with Gasteiger partial charge in [0.25, 0.3) is 0 Å². The summed E-state index contributed by atoms with van der Waals surface area (Å²) >= 11 is 0. The Balaban J connectivity index is 1.92. The second kappa shape index (κ2) is 5.26. The number of carbonyl (C=O) groups is 2. The van der Waals surface area contributed by atoms with Crippen LogP contribution in [0.1, 0.15) is 32.6 Å². The maximum absolute atomic E-state index is 12.5. The zero-order valence-corrected chi connectivity index (χ0v) is 10.9. The first-order valence-corrected chi connectivity index (χ1v) is 6.76. The molecule has 2 heterocycles. The van der Waals surface area contributed by atoms with Gasteiger partial charge >= 0.3 is 5.97 Å². The summed E-state index contributed by atoms with van der Waals surface area (Å²) in [5.41, 5.74) is -0.249. The van der Waals surface area contributed by atoms with Gasteiger partial charge in [-0.15, -0.1) is 0 Å². The molecule has 0 aliphatic carbocycles. The molecule has 0 saturated carbocycles. The van der Waals surface area contributed by atoms with Crippen molar-refractivity contribution in [2.75, 3.05) is 26.2 Å². The number of carboxylic acid groups (broad SMARTS) is 1. The molecule has 2 fully saturated rings. The highest BCUT2D eigenvalue weighted by molar-refractivity contribution is 5.83. The SMILES string of the molecule is CC1(C(=O)N2CCC(C(=O)O)CC2)CCNCC1. The first kappa shape index (κ1) is 13.3. The minimum absolute atomic E-state index is 0.216. The number of amides is 1. The van der Waals surface area contributed by atoms with Crippen molar-refractivity contribution in [1.29, 1.82) is 0 Å². The van der Waals surface area contributed by atoms with Crippen LogP contribution in [0, 0.1) is 11.3 Å². The van der Waals surface area contributed by atoms with Gasteiger partial charge in [0.2, 0.25) is 5.91 Å². The Morgan fingerprint density at radius 3 is 2.28 bits per heavy atom. The summed E-state index contributed by atoms with van der Waals surface area (Å²) in [4.78, 5) is 25.3. The van der Waals surface area contributed by atoms with Gasteiger partial charge in [0.1, 0.15) is 0 Å². The summed E-state index contributed by atoms with van der Waals surface area (Å²) in [6.07, 6.45) is 2.94. The molecule has 0 bridgehead atoms. The van der Waals surface area contributed by atoms with Crippen molar-refractivity contribution in [3.63, 3.8) is 0 Å². The van der Waals surface area contributed by atoms with Crippen LogP contribution in [0.4, 0.5) is 0 Å². The van der Waals surface area contributed by atoms with Gasteiger partial charge in [-0.1, -0.05) is 6.92 Å². The predicted molar refractivity (Wildman–Crippen MR) is 67.2 cm³/mol. The summed E-state index contributed by atoms with van der Waals surface area (Å²) in [6.45, 7) is 5.03. The summed E-state index contributed by atoms with van der Waals surface area (Å²) < 4.78 is 0. The fraction of sp³-hybridized carbons (Fsp3) is 0.846. The molecule has 2 rings (SSSR count). The molecular weight excluding hydrogens is 232 g/mol. The van der Waals surface area contributed by atoms with Crippen LogP contribution in [0.15, 0.2) is 0 Å². The molecule has 1 amide bonds. The van der Waals surface area contributed by atoms with Crippen LogP contribution in [0.25, 0.3) is 0 Å². The molecule has 5 nitrogen and oxygen atoms in total. The fourth-order valence-electron chi connectivity index (χ4n) is 2.90. The zero-order chi connectivity index (χ0) is 13.2. The number of aliphatic carboxylic acids is 1. The van der Waals surface area contributed by atoms with Crippen molar-refractivity contribution < 1.29 is 14.7 Å². The lowest BCUT2D eigenvalue weighted by Crippen LogP contribution is -2.50. The van der Waals surface area contributed by atoms with E-state index in [4.69, 9.17) is 5.11 Å². The van der Waals surface area contributed by atoms with E-state index in [1.807, 2.05) is 11.8 Å². The Labute approximate surface area is 108 Å². The molecule has 18 heavy (non-hydrogen) atoms. The quantitative estimate of drug-likeness (QED) is 0.761. The van der Waals surface area contributed by atoms with Gasteiger partial charge in [0.05, 0.1) is 5.92 Å². The zero-order valence-electron chi connectivity index (χ0n) is 10.9. The third-order valence-corrected chi connectivity index (χ3v) is 4.35. The molecule has 0 aromatic rings. The Morgan fingerprint density at radius 2 is 1.78 bits per heavy atom. The minimum Gasteiger partial charge on any atom is -0.481 e. The minimum atomic E-state index is -0.727. The first-order chi connectivity index (χ1) is 8.53. The summed E-state index contributed by atoms with van der Waals surface area (Å²) in [5, 5.41) is 12.2. The molecule has 0 atom stereocenters. The van der Waals surface area contributed by atoms with E-state index in [0.717, 1.165) is 25.9 Å². The Morgan fingerprint density at radius 1 is 1.22 bits per heavy atom. The van der Waals surface area contributed by atoms with E-state index in [9.17, 15) is 9.59 Å². The van der Waals surface area contributed by atoms with Crippen molar-refractivity contribution in [1.82, 2.24) is 10.2 Å². The second-order valence-electron chi connectivity index (χ2n) is 5.72. The van der Waals surface area contributed by atoms with E-state index in [0.29, 0.717) is 25.9 Å². The third kappa shape index (κ3) is 2.66. The van der Waals surface area contributed by atoms with E-state index in [1.54, 1.807) is 0 Å². The molecule has 2 saturated heterocycles. The van der Waals surface area contributed by atoms with Crippen LogP contribution in [0.3, 0.4) is 0 Å². The monoisotopic (exact) mass is 254 g/mol. The largest absolute Gasteiger partial charge is 0.481 e. The van der Waals surface area contributed by atoms with Crippen molar-refractivity contribution in [2.24, 2.45) is 11.3 Å². The second-order valence-corrected chi connectivity index (χ2v) is 5.72. The van der Waals surface area contributed by atoms with Crippen molar-refractivity contribution in [2.45, 2.75) is 32.6 Å². The first-order valence-electron chi connectivity index (χ1n) is 6.76. The van der Waals surface area contributed by atoms with Crippen LogP contribution in [-0.2, 0) is 9.59 Å². The third-order valence-electron chi connectivity index (χ3n) is 4.35. The summed E-state index contributed by atoms with van der Waals surface area (Å²) in [7, 11) is 0. The number of nitrogens with zero attached hydrogens (tertiary/aromatic N) is 1. The van der Waals surface area contributed by atoms with Crippen molar-refractivity contribution in [3.05, 3.63) is 0 Å². The highest BCUT2D eigenvalue weighted by atomic mass is 16.4. The predicted octanol–water partition coefficient (Wildman–Crippen LogP) is 0.699. The average molecular weight is 254 g/mol. The number of carboxylic acids is 1. The van der Waals surface area contributed by atoms with Crippen molar-refractivity contribution >= 4 is 11.9 Å². The van der Waals surface area contributed by atoms with Gasteiger partial charge < -0.3 is 15.3 Å². The molecule has 102 valence electrons. The van der Waals surface area contributed by atoms with E-state index in [2.05, 4.69) is 5.32 Å². The molecule has 0 spiro atoms. The number of nitrogens with one attached hydrogen (secondary N) is 1. The lowest BCUT2D eigenvalue weighted by atomic mass is 9.79. The smallest absolute Gasteiger partial charge is 0.306 e. The van der Waals surface area contributed by atoms with E-state index in [1.165, 1.54) is 0 Å². The Kier molecular flexibility index (Phi) is 3.90. The molecular formula is C13H22N2O3. The summed E-state index contributed by atoms with van der Waals surface area (Å²) in [5.74, 6) is -0.780. The van der Waals surface area contributed by atoms with Gasteiger partial charge in [0, 0.05) is 18.5 Å². The van der Waals surface area contributed by atoms with E-state index in [-0.39, 0.29) is 17.2 Å². The molecule has 0 aromatic carbocycles. The van der Waals surface area contributed by atoms with Gasteiger partial charge in [-0.2, -0.15) is 0 Å². The molecule has 0 radical (unpaired) electrons. The number of hydrogen-bond donors (Lipinski definition) is 2. The Bertz CT molecular complexity index is 329. The van der Waals surface area contributed by atoms with E-state index >= 15 is 0 Å². The number of carbonyl (C=O) groups excluding carboxylic acids is 1. The van der Waals surface area contributed by atoms with Crippen molar-refractivity contribution in [3.8, 4) is 0 Å². The van der Waals surface area contributed by atoms with E-state index < -0.39 is 5.97 Å². The van der Waals surface area contributed by atoms with Crippen LogP contribution >= 0.6 is 0 Å². The lowest BCUT2D eigenvalue weighted by molar-refractivity contribution is -0.149. The molecule has 5 heteroatoms. The van der Waals surface area contributed by atoms with Gasteiger partial charge in [-0.05, 0) is 38.8 Å². The average Bonchev–Trinajstić information content (AvgIpc) is 2.39. The number of hydrogen-bond acceptors (Lipinski definition) is 3. The Hall–Kier alpha value is -1.10. The molecule has 0 unspecified atom stereocenters. The van der Waals surface area contributed by atoms with Gasteiger partial charge in [-0.3, -0.25) is 9.59 Å². The van der Waals surface area contributed by atoms with Crippen LogP contribution in [0.5, 0.6) is 0 Å². The number of likely N-dealkylation sites (tertiary alicyclic amines) is 1. The maximum atomic E-state index is 12.5. The van der Waals surface area contributed by atoms with Crippen LogP contribution in [-0.4, -0.2) is 48.1 Å².